The molecule has 5 aliphatic heterocycles. The molecule has 0 N–H and O–H groups in total. The number of aromatic nitrogens is 1. The molecule has 0 saturated carbocycles. The Morgan fingerprint density at radius 1 is 0.500 bits per heavy atom. The minimum atomic E-state index is 0.0654. The van der Waals surface area contributed by atoms with Crippen LogP contribution in [0.3, 0.4) is 0 Å². The van der Waals surface area contributed by atoms with Gasteiger partial charge in [0.2, 0.25) is 6.71 Å². The summed E-state index contributed by atoms with van der Waals surface area (Å²) in [6.45, 7) is 0.310. The van der Waals surface area contributed by atoms with Gasteiger partial charge in [-0.3, -0.25) is 0 Å². The standard InChI is InChI=1S/C42H22B2N2OS/c1-3-11-27-23(9-1)25-18-20-37-42-39(25)43(27)28-12-4-8-16-33(28)46(42)34-21-30-36(22-38(34)48-37)47-35-19-17-26-24-10-2-6-14-31(24)45-32-15-7-5-13-29(32)44(30)40(35)41(26)45/h1-22H. The summed E-state index contributed by atoms with van der Waals surface area (Å²) in [5.74, 6) is 1.92. The lowest BCUT2D eigenvalue weighted by atomic mass is 9.34. The number of para-hydroxylation sites is 3. The van der Waals surface area contributed by atoms with Gasteiger partial charge < -0.3 is 14.2 Å². The fourth-order valence-electron chi connectivity index (χ4n) is 9.68. The molecule has 0 atom stereocenters. The number of hydrogen-bond donors (Lipinski definition) is 0. The summed E-state index contributed by atoms with van der Waals surface area (Å²) in [6.07, 6.45) is 0. The third-order valence-electron chi connectivity index (χ3n) is 11.4. The first kappa shape index (κ1) is 24.6. The van der Waals surface area contributed by atoms with Crippen LogP contribution in [0.5, 0.6) is 11.5 Å². The topological polar surface area (TPSA) is 17.4 Å². The highest BCUT2D eigenvalue weighted by Gasteiger charge is 2.46. The van der Waals surface area contributed by atoms with Crippen LogP contribution in [-0.4, -0.2) is 18.0 Å². The van der Waals surface area contributed by atoms with Gasteiger partial charge in [0, 0.05) is 31.9 Å². The van der Waals surface area contributed by atoms with Gasteiger partial charge in [0.15, 0.2) is 0 Å². The fraction of sp³-hybridized carbons (Fsp3) is 0. The maximum absolute atomic E-state index is 6.93. The summed E-state index contributed by atoms with van der Waals surface area (Å²) in [4.78, 5) is 5.10. The average Bonchev–Trinajstić information content (AvgIpc) is 3.66. The Balaban J connectivity index is 1.11. The second-order valence-electron chi connectivity index (χ2n) is 13.6. The molecular formula is C42H22B2N2OS. The zero-order valence-corrected chi connectivity index (χ0v) is 26.4. The zero-order valence-electron chi connectivity index (χ0n) is 25.6. The molecule has 48 heavy (non-hydrogen) atoms. The molecule has 3 nitrogen and oxygen atoms in total. The second kappa shape index (κ2) is 8.28. The molecule has 1 aromatic heterocycles. The van der Waals surface area contributed by atoms with Crippen LogP contribution in [0.1, 0.15) is 0 Å². The molecule has 7 aromatic carbocycles. The van der Waals surface area contributed by atoms with Gasteiger partial charge in [-0.1, -0.05) is 102 Å². The number of anilines is 3. The van der Waals surface area contributed by atoms with Gasteiger partial charge >= 0.3 is 0 Å². The van der Waals surface area contributed by atoms with E-state index in [1.54, 1.807) is 0 Å². The average molecular weight is 624 g/mol. The van der Waals surface area contributed by atoms with E-state index in [4.69, 9.17) is 4.74 Å². The van der Waals surface area contributed by atoms with Crippen molar-refractivity contribution in [2.75, 3.05) is 4.90 Å². The first-order valence-corrected chi connectivity index (χ1v) is 17.5. The molecule has 0 fully saturated rings. The van der Waals surface area contributed by atoms with Crippen LogP contribution in [0.15, 0.2) is 143 Å². The summed E-state index contributed by atoms with van der Waals surface area (Å²) < 4.78 is 9.40. The third kappa shape index (κ3) is 2.70. The molecule has 0 spiro atoms. The number of hydrogen-bond acceptors (Lipinski definition) is 3. The largest absolute Gasteiger partial charge is 0.458 e. The van der Waals surface area contributed by atoms with E-state index in [9.17, 15) is 0 Å². The molecule has 0 aliphatic carbocycles. The Bertz CT molecular complexity index is 2840. The Kier molecular flexibility index (Phi) is 4.24. The molecule has 6 heterocycles. The number of ether oxygens (including phenoxy) is 1. The van der Waals surface area contributed by atoms with E-state index >= 15 is 0 Å². The summed E-state index contributed by atoms with van der Waals surface area (Å²) in [5.41, 5.74) is 18.4. The number of nitrogens with zero attached hydrogens (tertiary/aromatic N) is 2. The highest BCUT2D eigenvalue weighted by Crippen LogP contribution is 2.54. The van der Waals surface area contributed by atoms with Crippen molar-refractivity contribution in [3.8, 4) is 28.3 Å². The number of benzene rings is 7. The Morgan fingerprint density at radius 3 is 2.17 bits per heavy atom. The van der Waals surface area contributed by atoms with E-state index in [1.165, 1.54) is 98.3 Å². The lowest BCUT2D eigenvalue weighted by Crippen LogP contribution is -2.58. The number of fused-ring (bicyclic) bond motifs is 16. The van der Waals surface area contributed by atoms with Crippen LogP contribution < -0.4 is 42.4 Å². The van der Waals surface area contributed by atoms with E-state index in [0.717, 1.165) is 11.5 Å². The first-order valence-electron chi connectivity index (χ1n) is 16.7. The molecule has 5 aliphatic rings. The van der Waals surface area contributed by atoms with Crippen molar-refractivity contribution in [2.24, 2.45) is 0 Å². The van der Waals surface area contributed by atoms with Crippen LogP contribution >= 0.6 is 11.8 Å². The molecule has 0 unspecified atom stereocenters. The monoisotopic (exact) mass is 624 g/mol. The van der Waals surface area contributed by atoms with Crippen molar-refractivity contribution in [3.63, 3.8) is 0 Å². The molecule has 0 radical (unpaired) electrons. The Morgan fingerprint density at radius 2 is 1.25 bits per heavy atom. The van der Waals surface area contributed by atoms with Crippen LogP contribution in [0.4, 0.5) is 17.1 Å². The molecule has 13 rings (SSSR count). The third-order valence-corrected chi connectivity index (χ3v) is 12.5. The van der Waals surface area contributed by atoms with Crippen molar-refractivity contribution in [1.29, 1.82) is 0 Å². The van der Waals surface area contributed by atoms with Crippen LogP contribution in [0.2, 0.25) is 0 Å². The highest BCUT2D eigenvalue weighted by molar-refractivity contribution is 7.99. The summed E-state index contributed by atoms with van der Waals surface area (Å²) in [7, 11) is 0. The maximum Gasteiger partial charge on any atom is 0.256 e. The van der Waals surface area contributed by atoms with Gasteiger partial charge in [0.25, 0.3) is 6.71 Å². The Hall–Kier alpha value is -5.58. The molecule has 218 valence electrons. The first-order chi connectivity index (χ1) is 23.8. The van der Waals surface area contributed by atoms with Gasteiger partial charge in [-0.25, -0.2) is 0 Å². The lowest BCUT2D eigenvalue weighted by molar-refractivity contribution is 0.486. The lowest BCUT2D eigenvalue weighted by Gasteiger charge is -2.41. The minimum absolute atomic E-state index is 0.0654. The van der Waals surface area contributed by atoms with Gasteiger partial charge in [-0.2, -0.15) is 0 Å². The van der Waals surface area contributed by atoms with Gasteiger partial charge in [0.1, 0.15) is 11.5 Å². The molecular weight excluding hydrogens is 602 g/mol. The van der Waals surface area contributed by atoms with Gasteiger partial charge in [0.05, 0.1) is 22.4 Å². The van der Waals surface area contributed by atoms with Gasteiger partial charge in [-0.05, 0) is 87.0 Å². The summed E-state index contributed by atoms with van der Waals surface area (Å²) in [6, 6.07) is 49.8. The van der Waals surface area contributed by atoms with E-state index in [0.29, 0.717) is 0 Å². The summed E-state index contributed by atoms with van der Waals surface area (Å²) >= 11 is 1.88. The zero-order chi connectivity index (χ0) is 30.8. The van der Waals surface area contributed by atoms with E-state index in [1.807, 2.05) is 11.8 Å². The van der Waals surface area contributed by atoms with Gasteiger partial charge in [-0.15, -0.1) is 0 Å². The van der Waals surface area contributed by atoms with Crippen molar-refractivity contribution in [1.82, 2.24) is 4.57 Å². The highest BCUT2D eigenvalue weighted by atomic mass is 32.2. The fourth-order valence-corrected chi connectivity index (χ4v) is 10.8. The van der Waals surface area contributed by atoms with E-state index < -0.39 is 0 Å². The quantitative estimate of drug-likeness (QED) is 0.181. The minimum Gasteiger partial charge on any atom is -0.458 e. The van der Waals surface area contributed by atoms with Crippen molar-refractivity contribution >= 4 is 96.8 Å². The molecule has 6 heteroatoms. The van der Waals surface area contributed by atoms with E-state index in [2.05, 4.69) is 143 Å². The van der Waals surface area contributed by atoms with Crippen molar-refractivity contribution in [3.05, 3.63) is 133 Å². The second-order valence-corrected chi connectivity index (χ2v) is 14.7. The summed E-state index contributed by atoms with van der Waals surface area (Å²) in [5, 5.41) is 2.56. The van der Waals surface area contributed by atoms with Crippen molar-refractivity contribution in [2.45, 2.75) is 9.79 Å². The normalized spacial score (nSPS) is 14.6. The van der Waals surface area contributed by atoms with Crippen LogP contribution in [0.25, 0.3) is 38.6 Å². The SMILES string of the molecule is c1ccc2c(c1)B1c3ccccc3N3c4cc5c(cc4Sc4ccc-2c1c43)Oc1ccc2c3ccccc3n3c2c1B5c1ccccc1-3. The molecule has 0 saturated heterocycles. The van der Waals surface area contributed by atoms with Crippen LogP contribution in [0, 0.1) is 0 Å². The molecule has 0 amide bonds. The van der Waals surface area contributed by atoms with Crippen molar-refractivity contribution < 1.29 is 4.74 Å². The number of rotatable bonds is 0. The van der Waals surface area contributed by atoms with Crippen LogP contribution in [-0.2, 0) is 0 Å². The Labute approximate surface area is 281 Å². The molecule has 8 aromatic rings. The molecule has 0 bridgehead atoms. The smallest absolute Gasteiger partial charge is 0.256 e. The van der Waals surface area contributed by atoms with E-state index in [-0.39, 0.29) is 13.4 Å². The predicted octanol–water partition coefficient (Wildman–Crippen LogP) is 6.46. The predicted molar refractivity (Wildman–Crippen MR) is 201 cm³/mol. The maximum atomic E-state index is 6.93.